The monoisotopic (exact) mass is 627 g/mol. The standard InChI is InChI=1S/C28H32Cl2N2O6S2/c1-27(2)21-16-19(29)10-12-23(21)31(14-5-6-15-39(33,34)35)25(27)8-7-9-26-28(3,4)22-17-20(30)11-13-24(22)32(26)18-40(36,37)38/h7-13,16-17H,5-6,14-15,18H2,1-4H3,(H-,33,34,35,36,37,38)/p+1. The lowest BCUT2D eigenvalue weighted by Gasteiger charge is -2.27. The summed E-state index contributed by atoms with van der Waals surface area (Å²) in [6.07, 6.45) is 6.49. The van der Waals surface area contributed by atoms with Crippen molar-refractivity contribution in [1.29, 1.82) is 0 Å². The van der Waals surface area contributed by atoms with Crippen LogP contribution in [0.5, 0.6) is 0 Å². The summed E-state index contributed by atoms with van der Waals surface area (Å²) < 4.78 is 66.7. The van der Waals surface area contributed by atoms with Crippen LogP contribution in [0.1, 0.15) is 51.7 Å². The van der Waals surface area contributed by atoms with Crippen LogP contribution in [0.4, 0.5) is 11.4 Å². The summed E-state index contributed by atoms with van der Waals surface area (Å²) >= 11 is 12.6. The van der Waals surface area contributed by atoms with Crippen molar-refractivity contribution in [3.8, 4) is 0 Å². The van der Waals surface area contributed by atoms with Gasteiger partial charge in [0.05, 0.1) is 11.2 Å². The van der Waals surface area contributed by atoms with Gasteiger partial charge in [0.15, 0.2) is 5.71 Å². The maximum atomic E-state index is 11.9. The molecule has 0 spiro atoms. The van der Waals surface area contributed by atoms with E-state index in [0.29, 0.717) is 40.8 Å². The van der Waals surface area contributed by atoms with Crippen LogP contribution < -0.4 is 4.90 Å². The van der Waals surface area contributed by atoms with Gasteiger partial charge in [-0.25, -0.2) is 0 Å². The summed E-state index contributed by atoms with van der Waals surface area (Å²) in [7, 11) is -8.37. The second kappa shape index (κ2) is 10.9. The molecular weight excluding hydrogens is 595 g/mol. The van der Waals surface area contributed by atoms with Gasteiger partial charge in [-0.1, -0.05) is 43.1 Å². The second-order valence-corrected chi connectivity index (χ2v) is 15.0. The number of nitrogens with zero attached hydrogens (tertiary/aromatic N) is 2. The van der Waals surface area contributed by atoms with E-state index in [4.69, 9.17) is 27.8 Å². The first-order valence-electron chi connectivity index (χ1n) is 12.7. The van der Waals surface area contributed by atoms with E-state index in [1.165, 1.54) is 0 Å². The van der Waals surface area contributed by atoms with Gasteiger partial charge in [0.2, 0.25) is 5.69 Å². The van der Waals surface area contributed by atoms with Crippen molar-refractivity contribution < 1.29 is 30.5 Å². The molecule has 2 aromatic carbocycles. The van der Waals surface area contributed by atoms with Gasteiger partial charge in [0.25, 0.3) is 16.0 Å². The summed E-state index contributed by atoms with van der Waals surface area (Å²) in [6.45, 7) is 8.62. The van der Waals surface area contributed by atoms with Crippen LogP contribution in [0.2, 0.25) is 10.0 Å². The first-order valence-corrected chi connectivity index (χ1v) is 16.7. The van der Waals surface area contributed by atoms with E-state index in [2.05, 4.69) is 18.7 Å². The highest BCUT2D eigenvalue weighted by Gasteiger charge is 2.46. The molecule has 216 valence electrons. The maximum Gasteiger partial charge on any atom is 0.326 e. The van der Waals surface area contributed by atoms with Crippen molar-refractivity contribution in [2.75, 3.05) is 23.1 Å². The molecule has 2 aliphatic rings. The predicted molar refractivity (Wildman–Crippen MR) is 161 cm³/mol. The smallest absolute Gasteiger partial charge is 0.326 e. The fourth-order valence-electron chi connectivity index (χ4n) is 5.62. The largest absolute Gasteiger partial charge is 0.344 e. The van der Waals surface area contributed by atoms with Crippen LogP contribution in [-0.2, 0) is 31.1 Å². The van der Waals surface area contributed by atoms with Crippen molar-refractivity contribution in [2.24, 2.45) is 0 Å². The lowest BCUT2D eigenvalue weighted by atomic mass is 9.81. The molecule has 2 aromatic rings. The second-order valence-electron chi connectivity index (χ2n) is 11.2. The number of allylic oxidation sites excluding steroid dienone is 4. The molecule has 0 saturated heterocycles. The highest BCUT2D eigenvalue weighted by Crippen LogP contribution is 2.49. The summed E-state index contributed by atoms with van der Waals surface area (Å²) in [5.74, 6) is -0.908. The Kier molecular flexibility index (Phi) is 8.37. The first kappa shape index (κ1) is 30.7. The Balaban J connectivity index is 1.75. The summed E-state index contributed by atoms with van der Waals surface area (Å²) in [5, 5.41) is 1.13. The molecule has 0 amide bonds. The van der Waals surface area contributed by atoms with Gasteiger partial charge in [-0.2, -0.15) is 21.4 Å². The minimum absolute atomic E-state index is 0.305. The Morgan fingerprint density at radius 3 is 2.12 bits per heavy atom. The Labute approximate surface area is 246 Å². The predicted octanol–water partition coefficient (Wildman–Crippen LogP) is 6.12. The molecule has 0 radical (unpaired) electrons. The van der Waals surface area contributed by atoms with Crippen LogP contribution in [0.25, 0.3) is 0 Å². The lowest BCUT2D eigenvalue weighted by molar-refractivity contribution is -0.416. The third-order valence-corrected chi connectivity index (χ3v) is 9.40. The molecule has 12 heteroatoms. The third kappa shape index (κ3) is 6.32. The molecule has 0 bridgehead atoms. The van der Waals surface area contributed by atoms with Crippen LogP contribution in [0, 0.1) is 0 Å². The van der Waals surface area contributed by atoms with Crippen LogP contribution in [0.15, 0.2) is 60.3 Å². The van der Waals surface area contributed by atoms with E-state index in [1.807, 2.05) is 56.3 Å². The highest BCUT2D eigenvalue weighted by molar-refractivity contribution is 7.85. The number of unbranched alkanes of at least 4 members (excludes halogenated alkanes) is 1. The molecule has 8 nitrogen and oxygen atoms in total. The fraction of sp³-hybridized carbons (Fsp3) is 0.393. The van der Waals surface area contributed by atoms with Gasteiger partial charge in [-0.05, 0) is 68.7 Å². The highest BCUT2D eigenvalue weighted by atomic mass is 35.5. The van der Waals surface area contributed by atoms with Crippen molar-refractivity contribution in [3.63, 3.8) is 0 Å². The van der Waals surface area contributed by atoms with Crippen LogP contribution >= 0.6 is 23.2 Å². The SMILES string of the molecule is CC1(C)C(/C=C/C=C2/N(CCCCS(=O)(=O)O)c3ccc(Cl)cc3C2(C)C)=[N+](CS(=O)(=O)O)c2ccc(Cl)cc21. The Hall–Kier alpha value is -2.21. The number of benzene rings is 2. The molecule has 0 fully saturated rings. The van der Waals surface area contributed by atoms with E-state index in [9.17, 15) is 21.4 Å². The zero-order valence-corrected chi connectivity index (χ0v) is 25.9. The molecule has 40 heavy (non-hydrogen) atoms. The van der Waals surface area contributed by atoms with E-state index in [-0.39, 0.29) is 5.75 Å². The molecule has 0 atom stereocenters. The Bertz CT molecular complexity index is 1660. The molecule has 0 unspecified atom stereocenters. The van der Waals surface area contributed by atoms with Crippen LogP contribution in [-0.4, -0.2) is 54.4 Å². The summed E-state index contributed by atoms with van der Waals surface area (Å²) in [5.41, 5.74) is 4.08. The number of anilines is 1. The molecule has 0 saturated carbocycles. The minimum atomic E-state index is -4.33. The van der Waals surface area contributed by atoms with Gasteiger partial charge >= 0.3 is 10.1 Å². The number of hydrogen-bond acceptors (Lipinski definition) is 5. The molecule has 2 N–H and O–H groups in total. The lowest BCUT2D eigenvalue weighted by Crippen LogP contribution is -2.29. The minimum Gasteiger partial charge on any atom is -0.344 e. The number of hydrogen-bond donors (Lipinski definition) is 2. The fourth-order valence-corrected chi connectivity index (χ4v) is 7.14. The quantitative estimate of drug-likeness (QED) is 0.195. The van der Waals surface area contributed by atoms with Gasteiger partial charge in [-0.3, -0.25) is 9.11 Å². The van der Waals surface area contributed by atoms with Gasteiger partial charge in [-0.15, -0.1) is 0 Å². The molecule has 4 rings (SSSR count). The molecule has 0 aromatic heterocycles. The van der Waals surface area contributed by atoms with Crippen molar-refractivity contribution in [2.45, 2.75) is 51.4 Å². The molecular formula is C28H33Cl2N2O6S2+. The van der Waals surface area contributed by atoms with E-state index in [0.717, 1.165) is 22.5 Å². The zero-order valence-electron chi connectivity index (χ0n) is 22.7. The van der Waals surface area contributed by atoms with E-state index >= 15 is 0 Å². The van der Waals surface area contributed by atoms with Crippen molar-refractivity contribution in [1.82, 2.24) is 0 Å². The Morgan fingerprint density at radius 1 is 0.875 bits per heavy atom. The van der Waals surface area contributed by atoms with Gasteiger partial charge in [0, 0.05) is 51.1 Å². The van der Waals surface area contributed by atoms with E-state index in [1.54, 1.807) is 16.7 Å². The topological polar surface area (TPSA) is 115 Å². The van der Waals surface area contributed by atoms with Crippen molar-refractivity contribution >= 4 is 60.5 Å². The molecule has 0 aliphatic carbocycles. The van der Waals surface area contributed by atoms with Crippen LogP contribution in [0.3, 0.4) is 0 Å². The van der Waals surface area contributed by atoms with Gasteiger partial charge in [0.1, 0.15) is 0 Å². The average molecular weight is 629 g/mol. The maximum absolute atomic E-state index is 11.9. The molecule has 2 aliphatic heterocycles. The number of halogens is 2. The third-order valence-electron chi connectivity index (χ3n) is 7.54. The molecule has 2 heterocycles. The van der Waals surface area contributed by atoms with E-state index < -0.39 is 36.9 Å². The summed E-state index contributed by atoms with van der Waals surface area (Å²) in [6, 6.07) is 10.9. The first-order chi connectivity index (χ1) is 18.4. The van der Waals surface area contributed by atoms with Gasteiger partial charge < -0.3 is 4.90 Å². The number of rotatable bonds is 9. The summed E-state index contributed by atoms with van der Waals surface area (Å²) in [4.78, 5) is 2.12. The number of fused-ring (bicyclic) bond motifs is 2. The average Bonchev–Trinajstić information content (AvgIpc) is 3.14. The Morgan fingerprint density at radius 2 is 1.50 bits per heavy atom. The normalized spacial score (nSPS) is 19.1. The zero-order chi connectivity index (χ0) is 29.7. The van der Waals surface area contributed by atoms with Crippen molar-refractivity contribution in [3.05, 3.63) is 81.5 Å².